The molecule has 0 spiro atoms. The van der Waals surface area contributed by atoms with Gasteiger partial charge in [-0.3, -0.25) is 9.59 Å². The maximum Gasteiger partial charge on any atom is 0.323 e. The molecule has 0 fully saturated rings. The number of dihydropyridines is 1. The van der Waals surface area contributed by atoms with Crippen LogP contribution in [0.1, 0.15) is 5.56 Å². The van der Waals surface area contributed by atoms with Crippen molar-refractivity contribution in [2.75, 3.05) is 0 Å². The number of amides is 1. The van der Waals surface area contributed by atoms with Crippen molar-refractivity contribution in [3.05, 3.63) is 47.8 Å². The van der Waals surface area contributed by atoms with Gasteiger partial charge in [-0.2, -0.15) is 0 Å². The number of hydrogen-bond acceptors (Lipinski definition) is 2. The molecule has 18 heavy (non-hydrogen) atoms. The van der Waals surface area contributed by atoms with Crippen molar-refractivity contribution in [3.63, 3.8) is 0 Å². The monoisotopic (exact) mass is 247 g/mol. The molecule has 4 nitrogen and oxygen atoms in total. The molecular weight excluding hydrogens is 237 g/mol. The fourth-order valence-corrected chi connectivity index (χ4v) is 1.80. The van der Waals surface area contributed by atoms with Crippen LogP contribution in [0.3, 0.4) is 0 Å². The van der Waals surface area contributed by atoms with E-state index in [1.165, 1.54) is 42.6 Å². The van der Waals surface area contributed by atoms with Gasteiger partial charge < -0.3 is 5.11 Å². The predicted molar refractivity (Wildman–Crippen MR) is 62.8 cm³/mol. The number of carbonyl (C=O) groups is 2. The fourth-order valence-electron chi connectivity index (χ4n) is 1.80. The molecule has 0 bridgehead atoms. The summed E-state index contributed by atoms with van der Waals surface area (Å²) in [5.41, 5.74) is -1.12. The number of nitrogens with zero attached hydrogens (tertiary/aromatic N) is 1. The van der Waals surface area contributed by atoms with Gasteiger partial charge in [0.15, 0.2) is 5.41 Å². The minimum Gasteiger partial charge on any atom is -0.480 e. The summed E-state index contributed by atoms with van der Waals surface area (Å²) in [5, 5.41) is 9.26. The van der Waals surface area contributed by atoms with E-state index in [2.05, 4.69) is 4.99 Å². The number of carboxylic acid groups (broad SMARTS) is 1. The number of hydrogen-bond donors (Lipinski definition) is 1. The predicted octanol–water partition coefficient (Wildman–Crippen LogP) is 1.61. The zero-order valence-corrected chi connectivity index (χ0v) is 9.34. The molecule has 1 aromatic rings. The van der Waals surface area contributed by atoms with Gasteiger partial charge in [0, 0.05) is 12.6 Å². The number of carboxylic acids is 1. The van der Waals surface area contributed by atoms with Gasteiger partial charge in [-0.15, -0.1) is 0 Å². The van der Waals surface area contributed by atoms with Crippen LogP contribution in [0.4, 0.5) is 4.39 Å². The average Bonchev–Trinajstić information content (AvgIpc) is 2.35. The largest absolute Gasteiger partial charge is 0.480 e. The van der Waals surface area contributed by atoms with Crippen LogP contribution in [0.15, 0.2) is 41.4 Å². The van der Waals surface area contributed by atoms with Crippen molar-refractivity contribution in [1.29, 1.82) is 0 Å². The standard InChI is InChI=1S/C13H10FNO3/c14-10-4-2-9(3-5-10)8-13(12(17)18)6-1-7-15-11(13)16/h1-7H,8H2,(H,17,18). The molecule has 0 radical (unpaired) electrons. The Morgan fingerprint density at radius 2 is 2.00 bits per heavy atom. The van der Waals surface area contributed by atoms with Crippen molar-refractivity contribution in [2.24, 2.45) is 10.4 Å². The third-order valence-electron chi connectivity index (χ3n) is 2.82. The topological polar surface area (TPSA) is 66.7 Å². The SMILES string of the molecule is O=C(O)C1(Cc2ccc(F)cc2)C=CC=NC1=O. The third-order valence-corrected chi connectivity index (χ3v) is 2.82. The molecule has 2 rings (SSSR count). The zero-order chi connectivity index (χ0) is 13.2. The van der Waals surface area contributed by atoms with E-state index in [0.717, 1.165) is 0 Å². The molecule has 0 aliphatic carbocycles. The molecule has 1 aromatic carbocycles. The highest BCUT2D eigenvalue weighted by Crippen LogP contribution is 2.29. The minimum absolute atomic E-state index is 0.0463. The normalized spacial score (nSPS) is 22.2. The third kappa shape index (κ3) is 2.07. The molecule has 1 heterocycles. The number of aliphatic carboxylic acids is 1. The molecule has 1 aliphatic rings. The summed E-state index contributed by atoms with van der Waals surface area (Å²) in [6.45, 7) is 0. The second-order valence-corrected chi connectivity index (χ2v) is 4.02. The average molecular weight is 247 g/mol. The number of rotatable bonds is 3. The van der Waals surface area contributed by atoms with Gasteiger partial charge in [0.2, 0.25) is 0 Å². The Morgan fingerprint density at radius 1 is 1.33 bits per heavy atom. The van der Waals surface area contributed by atoms with Gasteiger partial charge in [-0.1, -0.05) is 18.2 Å². The van der Waals surface area contributed by atoms with E-state index in [0.29, 0.717) is 5.56 Å². The van der Waals surface area contributed by atoms with E-state index in [-0.39, 0.29) is 6.42 Å². The second-order valence-electron chi connectivity index (χ2n) is 4.02. The van der Waals surface area contributed by atoms with E-state index >= 15 is 0 Å². The highest BCUT2D eigenvalue weighted by atomic mass is 19.1. The molecule has 92 valence electrons. The lowest BCUT2D eigenvalue weighted by molar-refractivity contribution is -0.151. The van der Waals surface area contributed by atoms with E-state index in [9.17, 15) is 19.1 Å². The van der Waals surface area contributed by atoms with Gasteiger partial charge in [0.1, 0.15) is 5.82 Å². The maximum absolute atomic E-state index is 12.8. The van der Waals surface area contributed by atoms with E-state index < -0.39 is 23.1 Å². The molecule has 1 N–H and O–H groups in total. The smallest absolute Gasteiger partial charge is 0.323 e. The summed E-state index contributed by atoms with van der Waals surface area (Å²) in [7, 11) is 0. The summed E-state index contributed by atoms with van der Waals surface area (Å²) >= 11 is 0. The van der Waals surface area contributed by atoms with Crippen molar-refractivity contribution < 1.29 is 19.1 Å². The summed E-state index contributed by atoms with van der Waals surface area (Å²) < 4.78 is 12.8. The summed E-state index contributed by atoms with van der Waals surface area (Å²) in [4.78, 5) is 26.6. The number of carbonyl (C=O) groups excluding carboxylic acids is 1. The first-order valence-corrected chi connectivity index (χ1v) is 5.29. The van der Waals surface area contributed by atoms with Gasteiger partial charge in [0.25, 0.3) is 5.91 Å². The molecule has 5 heteroatoms. The molecule has 1 unspecified atom stereocenters. The molecular formula is C13H10FNO3. The van der Waals surface area contributed by atoms with E-state index in [1.54, 1.807) is 0 Å². The Labute approximate surface area is 102 Å². The van der Waals surface area contributed by atoms with Crippen LogP contribution >= 0.6 is 0 Å². The van der Waals surface area contributed by atoms with Crippen LogP contribution in [-0.4, -0.2) is 23.2 Å². The number of aliphatic imine (C=N–C) groups is 1. The minimum atomic E-state index is -1.69. The van der Waals surface area contributed by atoms with Crippen molar-refractivity contribution >= 4 is 18.1 Å². The van der Waals surface area contributed by atoms with Crippen molar-refractivity contribution in [3.8, 4) is 0 Å². The van der Waals surface area contributed by atoms with Crippen molar-refractivity contribution in [2.45, 2.75) is 6.42 Å². The van der Waals surface area contributed by atoms with Crippen LogP contribution < -0.4 is 0 Å². The van der Waals surface area contributed by atoms with E-state index in [4.69, 9.17) is 0 Å². The summed E-state index contributed by atoms with van der Waals surface area (Å²) in [6, 6.07) is 5.37. The molecule has 1 amide bonds. The number of allylic oxidation sites excluding steroid dienone is 1. The van der Waals surface area contributed by atoms with Gasteiger partial charge in [-0.05, 0) is 23.8 Å². The lowest BCUT2D eigenvalue weighted by Gasteiger charge is -2.23. The lowest BCUT2D eigenvalue weighted by atomic mass is 9.79. The Bertz CT molecular complexity index is 548. The van der Waals surface area contributed by atoms with Crippen LogP contribution in [0.2, 0.25) is 0 Å². The highest BCUT2D eigenvalue weighted by molar-refractivity contribution is 6.09. The quantitative estimate of drug-likeness (QED) is 0.825. The van der Waals surface area contributed by atoms with Gasteiger partial charge in [-0.25, -0.2) is 9.38 Å². The zero-order valence-electron chi connectivity index (χ0n) is 9.34. The fraction of sp³-hybridized carbons (Fsp3) is 0.154. The lowest BCUT2D eigenvalue weighted by Crippen LogP contribution is -2.40. The first-order chi connectivity index (χ1) is 8.54. The van der Waals surface area contributed by atoms with Crippen LogP contribution in [0, 0.1) is 11.2 Å². The van der Waals surface area contributed by atoms with Crippen LogP contribution in [0.5, 0.6) is 0 Å². The van der Waals surface area contributed by atoms with Gasteiger partial charge >= 0.3 is 5.97 Å². The molecule has 0 saturated heterocycles. The van der Waals surface area contributed by atoms with Crippen LogP contribution in [-0.2, 0) is 16.0 Å². The maximum atomic E-state index is 12.8. The number of halogens is 1. The molecule has 1 atom stereocenters. The molecule has 1 aliphatic heterocycles. The molecule has 0 saturated carbocycles. The first kappa shape index (κ1) is 12.2. The van der Waals surface area contributed by atoms with Crippen LogP contribution in [0.25, 0.3) is 0 Å². The Balaban J connectivity index is 2.35. The summed E-state index contributed by atoms with van der Waals surface area (Å²) in [6.07, 6.45) is 3.95. The van der Waals surface area contributed by atoms with Crippen molar-refractivity contribution in [1.82, 2.24) is 0 Å². The summed E-state index contributed by atoms with van der Waals surface area (Å²) in [5.74, 6) is -2.39. The van der Waals surface area contributed by atoms with Gasteiger partial charge in [0.05, 0.1) is 0 Å². The van der Waals surface area contributed by atoms with E-state index in [1.807, 2.05) is 0 Å². The number of benzene rings is 1. The molecule has 0 aromatic heterocycles. The highest BCUT2D eigenvalue weighted by Gasteiger charge is 2.44. The Hall–Kier alpha value is -2.30. The Morgan fingerprint density at radius 3 is 2.56 bits per heavy atom. The second kappa shape index (κ2) is 4.52. The first-order valence-electron chi connectivity index (χ1n) is 5.29. The Kier molecular flexibility index (Phi) is 3.06.